The second kappa shape index (κ2) is 7.25. The molecule has 1 saturated carbocycles. The van der Waals surface area contributed by atoms with Gasteiger partial charge in [0, 0.05) is 32.3 Å². The SMILES string of the molecule is CCCC(CN)N(CCOC)C(C)C1CC1. The number of nitrogens with two attached hydrogens (primary N) is 1. The van der Waals surface area contributed by atoms with E-state index in [1.807, 2.05) is 0 Å². The van der Waals surface area contributed by atoms with Crippen LogP contribution < -0.4 is 5.73 Å². The number of hydrogen-bond donors (Lipinski definition) is 1. The van der Waals surface area contributed by atoms with Gasteiger partial charge in [-0.25, -0.2) is 0 Å². The van der Waals surface area contributed by atoms with Crippen molar-refractivity contribution < 1.29 is 4.74 Å². The van der Waals surface area contributed by atoms with Gasteiger partial charge in [0.1, 0.15) is 0 Å². The van der Waals surface area contributed by atoms with Crippen LogP contribution in [0, 0.1) is 5.92 Å². The molecule has 0 aromatic heterocycles. The molecule has 2 N–H and O–H groups in total. The average molecular weight is 228 g/mol. The summed E-state index contributed by atoms with van der Waals surface area (Å²) in [6.07, 6.45) is 5.21. The van der Waals surface area contributed by atoms with Crippen LogP contribution in [0.2, 0.25) is 0 Å². The van der Waals surface area contributed by atoms with Crippen LogP contribution in [0.5, 0.6) is 0 Å². The molecule has 0 radical (unpaired) electrons. The molecule has 1 fully saturated rings. The van der Waals surface area contributed by atoms with Gasteiger partial charge in [0.2, 0.25) is 0 Å². The lowest BCUT2D eigenvalue weighted by Crippen LogP contribution is -2.48. The summed E-state index contributed by atoms with van der Waals surface area (Å²) in [5, 5.41) is 0. The molecule has 0 aliphatic heterocycles. The molecule has 0 bridgehead atoms. The Hall–Kier alpha value is -0.120. The molecule has 3 heteroatoms. The van der Waals surface area contributed by atoms with E-state index in [9.17, 15) is 0 Å². The third-order valence-electron chi connectivity index (χ3n) is 3.74. The molecule has 2 atom stereocenters. The lowest BCUT2D eigenvalue weighted by atomic mass is 10.1. The van der Waals surface area contributed by atoms with E-state index in [0.29, 0.717) is 12.1 Å². The summed E-state index contributed by atoms with van der Waals surface area (Å²) in [5.41, 5.74) is 5.91. The fourth-order valence-corrected chi connectivity index (χ4v) is 2.52. The number of hydrogen-bond acceptors (Lipinski definition) is 3. The molecular formula is C13H28N2O. The summed E-state index contributed by atoms with van der Waals surface area (Å²) >= 11 is 0. The van der Waals surface area contributed by atoms with Gasteiger partial charge in [0.05, 0.1) is 6.61 Å². The zero-order valence-electron chi connectivity index (χ0n) is 11.1. The van der Waals surface area contributed by atoms with Gasteiger partial charge in [0.15, 0.2) is 0 Å². The second-order valence-corrected chi connectivity index (χ2v) is 4.99. The highest BCUT2D eigenvalue weighted by Gasteiger charge is 2.34. The van der Waals surface area contributed by atoms with Crippen LogP contribution >= 0.6 is 0 Å². The lowest BCUT2D eigenvalue weighted by Gasteiger charge is -2.36. The van der Waals surface area contributed by atoms with E-state index in [1.165, 1.54) is 25.7 Å². The van der Waals surface area contributed by atoms with Crippen molar-refractivity contribution in [1.29, 1.82) is 0 Å². The topological polar surface area (TPSA) is 38.5 Å². The van der Waals surface area contributed by atoms with Gasteiger partial charge >= 0.3 is 0 Å². The van der Waals surface area contributed by atoms with Crippen molar-refractivity contribution in [1.82, 2.24) is 4.90 Å². The first-order chi connectivity index (χ1) is 7.74. The second-order valence-electron chi connectivity index (χ2n) is 4.99. The number of nitrogens with zero attached hydrogens (tertiary/aromatic N) is 1. The summed E-state index contributed by atoms with van der Waals surface area (Å²) < 4.78 is 5.21. The zero-order valence-corrected chi connectivity index (χ0v) is 11.1. The van der Waals surface area contributed by atoms with E-state index >= 15 is 0 Å². The van der Waals surface area contributed by atoms with Crippen molar-refractivity contribution in [2.24, 2.45) is 11.7 Å². The fraction of sp³-hybridized carbons (Fsp3) is 1.00. The van der Waals surface area contributed by atoms with Crippen LogP contribution in [0.25, 0.3) is 0 Å². The van der Waals surface area contributed by atoms with E-state index in [1.54, 1.807) is 7.11 Å². The Labute approximate surface area is 100 Å². The van der Waals surface area contributed by atoms with Gasteiger partial charge < -0.3 is 10.5 Å². The monoisotopic (exact) mass is 228 g/mol. The van der Waals surface area contributed by atoms with Crippen LogP contribution in [0.1, 0.15) is 39.5 Å². The van der Waals surface area contributed by atoms with Gasteiger partial charge in [-0.2, -0.15) is 0 Å². The largest absolute Gasteiger partial charge is 0.383 e. The minimum absolute atomic E-state index is 0.538. The maximum Gasteiger partial charge on any atom is 0.0589 e. The third kappa shape index (κ3) is 4.04. The van der Waals surface area contributed by atoms with E-state index < -0.39 is 0 Å². The summed E-state index contributed by atoms with van der Waals surface area (Å²) in [4.78, 5) is 2.57. The first-order valence-corrected chi connectivity index (χ1v) is 6.69. The number of ether oxygens (including phenoxy) is 1. The molecule has 0 heterocycles. The Morgan fingerprint density at radius 2 is 2.12 bits per heavy atom. The Morgan fingerprint density at radius 1 is 1.44 bits per heavy atom. The average Bonchev–Trinajstić information content (AvgIpc) is 3.11. The standard InChI is InChI=1S/C13H28N2O/c1-4-5-13(10-14)15(8-9-16-3)11(2)12-6-7-12/h11-13H,4-10,14H2,1-3H3. The van der Waals surface area contributed by atoms with Crippen molar-refractivity contribution in [3.05, 3.63) is 0 Å². The molecule has 0 amide bonds. The molecular weight excluding hydrogens is 200 g/mol. The Morgan fingerprint density at radius 3 is 2.56 bits per heavy atom. The summed E-state index contributed by atoms with van der Waals surface area (Å²) in [6.45, 7) is 7.20. The molecule has 2 unspecified atom stereocenters. The third-order valence-corrected chi connectivity index (χ3v) is 3.74. The van der Waals surface area contributed by atoms with Crippen molar-refractivity contribution in [2.45, 2.75) is 51.6 Å². The highest BCUT2D eigenvalue weighted by molar-refractivity contribution is 4.88. The molecule has 0 aromatic carbocycles. The molecule has 3 nitrogen and oxygen atoms in total. The van der Waals surface area contributed by atoms with Crippen molar-refractivity contribution in [3.8, 4) is 0 Å². The van der Waals surface area contributed by atoms with Gasteiger partial charge in [0.25, 0.3) is 0 Å². The number of methoxy groups -OCH3 is 1. The van der Waals surface area contributed by atoms with E-state index in [0.717, 1.165) is 25.6 Å². The fourth-order valence-electron chi connectivity index (χ4n) is 2.52. The van der Waals surface area contributed by atoms with Crippen LogP contribution in [0.3, 0.4) is 0 Å². The summed E-state index contributed by atoms with van der Waals surface area (Å²) in [6, 6.07) is 1.21. The molecule has 0 aromatic rings. The van der Waals surface area contributed by atoms with Crippen LogP contribution in [-0.2, 0) is 4.74 Å². The highest BCUT2D eigenvalue weighted by atomic mass is 16.5. The predicted molar refractivity (Wildman–Crippen MR) is 68.5 cm³/mol. The summed E-state index contributed by atoms with van der Waals surface area (Å²) in [5.74, 6) is 0.905. The first-order valence-electron chi connectivity index (χ1n) is 6.69. The predicted octanol–water partition coefficient (Wildman–Crippen LogP) is 1.86. The summed E-state index contributed by atoms with van der Waals surface area (Å²) in [7, 11) is 1.78. The minimum Gasteiger partial charge on any atom is -0.383 e. The molecule has 1 aliphatic rings. The maximum absolute atomic E-state index is 5.91. The van der Waals surface area contributed by atoms with E-state index in [2.05, 4.69) is 18.7 Å². The molecule has 1 aliphatic carbocycles. The molecule has 0 spiro atoms. The lowest BCUT2D eigenvalue weighted by molar-refractivity contribution is 0.0799. The van der Waals surface area contributed by atoms with E-state index in [-0.39, 0.29) is 0 Å². The molecule has 96 valence electrons. The first kappa shape index (κ1) is 13.9. The van der Waals surface area contributed by atoms with Crippen molar-refractivity contribution in [2.75, 3.05) is 26.8 Å². The Kier molecular flexibility index (Phi) is 6.32. The van der Waals surface area contributed by atoms with Gasteiger partial charge in [-0.1, -0.05) is 13.3 Å². The van der Waals surface area contributed by atoms with Gasteiger partial charge in [-0.15, -0.1) is 0 Å². The van der Waals surface area contributed by atoms with Crippen LogP contribution in [0.4, 0.5) is 0 Å². The molecule has 1 rings (SSSR count). The molecule has 0 saturated heterocycles. The smallest absolute Gasteiger partial charge is 0.0589 e. The van der Waals surface area contributed by atoms with Crippen LogP contribution in [0.15, 0.2) is 0 Å². The minimum atomic E-state index is 0.538. The van der Waals surface area contributed by atoms with Crippen LogP contribution in [-0.4, -0.2) is 43.8 Å². The molecule has 16 heavy (non-hydrogen) atoms. The Bertz CT molecular complexity index is 183. The van der Waals surface area contributed by atoms with Gasteiger partial charge in [-0.3, -0.25) is 4.90 Å². The maximum atomic E-state index is 5.91. The Balaban J connectivity index is 2.51. The van der Waals surface area contributed by atoms with Gasteiger partial charge in [-0.05, 0) is 32.1 Å². The zero-order chi connectivity index (χ0) is 12.0. The normalized spacial score (nSPS) is 20.1. The van der Waals surface area contributed by atoms with E-state index in [4.69, 9.17) is 10.5 Å². The van der Waals surface area contributed by atoms with Crippen molar-refractivity contribution >= 4 is 0 Å². The highest BCUT2D eigenvalue weighted by Crippen LogP contribution is 2.36. The quantitative estimate of drug-likeness (QED) is 0.654. The van der Waals surface area contributed by atoms with Crippen molar-refractivity contribution in [3.63, 3.8) is 0 Å². The number of rotatable bonds is 9.